The molecule has 1 heterocycles. The summed E-state index contributed by atoms with van der Waals surface area (Å²) in [5, 5.41) is 2.63. The molecule has 0 bridgehead atoms. The summed E-state index contributed by atoms with van der Waals surface area (Å²) < 4.78 is 0. The number of hydrogen-bond donors (Lipinski definition) is 1. The number of amides is 1. The highest BCUT2D eigenvalue weighted by atomic mass is 16.2. The van der Waals surface area contributed by atoms with E-state index in [1.165, 1.54) is 0 Å². The Balaban J connectivity index is 2.10. The number of hydrogen-bond acceptors (Lipinski definition) is 3. The van der Waals surface area contributed by atoms with E-state index in [0.717, 1.165) is 5.57 Å². The summed E-state index contributed by atoms with van der Waals surface area (Å²) in [6, 6.07) is 5.22. The number of pyridine rings is 1. The number of anilines is 1. The average molecular weight is 270 g/mol. The van der Waals surface area contributed by atoms with Crippen molar-refractivity contribution in [3.05, 3.63) is 47.7 Å². The third-order valence-corrected chi connectivity index (χ3v) is 3.21. The lowest BCUT2D eigenvalue weighted by Crippen LogP contribution is -2.24. The van der Waals surface area contributed by atoms with Crippen molar-refractivity contribution in [3.8, 4) is 0 Å². The summed E-state index contributed by atoms with van der Waals surface area (Å²) in [4.78, 5) is 28.1. The van der Waals surface area contributed by atoms with Crippen molar-refractivity contribution >= 4 is 17.5 Å². The molecule has 0 saturated heterocycles. The summed E-state index contributed by atoms with van der Waals surface area (Å²) in [6.07, 6.45) is 5.49. The second-order valence-corrected chi connectivity index (χ2v) is 5.77. The maximum Gasteiger partial charge on any atom is 0.260 e. The van der Waals surface area contributed by atoms with Gasteiger partial charge in [0.2, 0.25) is 0 Å². The zero-order chi connectivity index (χ0) is 14.8. The monoisotopic (exact) mass is 270 g/mol. The maximum atomic E-state index is 12.1. The van der Waals surface area contributed by atoms with E-state index in [1.54, 1.807) is 36.5 Å². The number of nitrogens with one attached hydrogen (secondary N) is 1. The van der Waals surface area contributed by atoms with Crippen LogP contribution in [0.25, 0.3) is 0 Å². The maximum absolute atomic E-state index is 12.1. The largest absolute Gasteiger partial charge is 0.306 e. The molecule has 0 fully saturated rings. The minimum Gasteiger partial charge on any atom is -0.306 e. The molecule has 4 heteroatoms. The SMILES string of the molecule is CC(C)(C)C1=CC(=O)C(C(=O)Nc2ccccn2)=CC1. The highest BCUT2D eigenvalue weighted by molar-refractivity contribution is 6.27. The van der Waals surface area contributed by atoms with Crippen LogP contribution in [0.2, 0.25) is 0 Å². The van der Waals surface area contributed by atoms with Gasteiger partial charge in [-0.3, -0.25) is 9.59 Å². The molecule has 0 aliphatic heterocycles. The standard InChI is InChI=1S/C16H18N2O2/c1-16(2,3)11-7-8-12(13(19)10-11)15(20)18-14-6-4-5-9-17-14/h4-6,8-10H,7H2,1-3H3,(H,17,18,20). The van der Waals surface area contributed by atoms with Gasteiger partial charge in [-0.15, -0.1) is 0 Å². The molecule has 104 valence electrons. The Morgan fingerprint density at radius 3 is 2.60 bits per heavy atom. The lowest BCUT2D eigenvalue weighted by molar-refractivity contribution is -0.117. The van der Waals surface area contributed by atoms with Crippen LogP contribution in [0.5, 0.6) is 0 Å². The molecule has 4 nitrogen and oxygen atoms in total. The van der Waals surface area contributed by atoms with Crippen molar-refractivity contribution in [1.82, 2.24) is 4.98 Å². The number of carbonyl (C=O) groups excluding carboxylic acids is 2. The summed E-state index contributed by atoms with van der Waals surface area (Å²) >= 11 is 0. The Morgan fingerprint density at radius 2 is 2.05 bits per heavy atom. The molecule has 20 heavy (non-hydrogen) atoms. The minimum absolute atomic E-state index is 0.0604. The second kappa shape index (κ2) is 5.41. The first-order valence-corrected chi connectivity index (χ1v) is 6.56. The molecule has 1 aromatic heterocycles. The van der Waals surface area contributed by atoms with Gasteiger partial charge in [0.15, 0.2) is 5.78 Å². The van der Waals surface area contributed by atoms with Gasteiger partial charge in [0.25, 0.3) is 5.91 Å². The Labute approximate surface area is 118 Å². The fourth-order valence-electron chi connectivity index (χ4n) is 1.96. The first-order chi connectivity index (χ1) is 9.38. The van der Waals surface area contributed by atoms with Crippen molar-refractivity contribution in [2.24, 2.45) is 5.41 Å². The van der Waals surface area contributed by atoms with Crippen molar-refractivity contribution in [3.63, 3.8) is 0 Å². The minimum atomic E-state index is -0.405. The third kappa shape index (κ3) is 3.20. The molecule has 2 rings (SSSR count). The number of nitrogens with zero attached hydrogens (tertiary/aromatic N) is 1. The van der Waals surface area contributed by atoms with E-state index in [4.69, 9.17) is 0 Å². The molecule has 0 radical (unpaired) electrons. The zero-order valence-electron chi connectivity index (χ0n) is 11.9. The number of allylic oxidation sites excluding steroid dienone is 3. The van der Waals surface area contributed by atoms with Crippen LogP contribution in [-0.4, -0.2) is 16.7 Å². The molecular formula is C16H18N2O2. The van der Waals surface area contributed by atoms with Crippen LogP contribution in [0.3, 0.4) is 0 Å². The Morgan fingerprint density at radius 1 is 1.30 bits per heavy atom. The average Bonchev–Trinajstić information content (AvgIpc) is 2.38. The van der Waals surface area contributed by atoms with Gasteiger partial charge in [-0.05, 0) is 30.0 Å². The molecule has 0 saturated carbocycles. The van der Waals surface area contributed by atoms with Crippen LogP contribution < -0.4 is 5.32 Å². The van der Waals surface area contributed by atoms with Crippen LogP contribution >= 0.6 is 0 Å². The van der Waals surface area contributed by atoms with Gasteiger partial charge in [0.05, 0.1) is 5.57 Å². The third-order valence-electron chi connectivity index (χ3n) is 3.21. The fourth-order valence-corrected chi connectivity index (χ4v) is 1.96. The Hall–Kier alpha value is -2.23. The highest BCUT2D eigenvalue weighted by Gasteiger charge is 2.25. The molecule has 1 amide bonds. The number of rotatable bonds is 2. The molecule has 1 aromatic rings. The number of ketones is 1. The smallest absolute Gasteiger partial charge is 0.260 e. The summed E-state index contributed by atoms with van der Waals surface area (Å²) in [6.45, 7) is 6.16. The van der Waals surface area contributed by atoms with Crippen LogP contribution in [0, 0.1) is 5.41 Å². The van der Waals surface area contributed by atoms with Gasteiger partial charge >= 0.3 is 0 Å². The second-order valence-electron chi connectivity index (χ2n) is 5.77. The number of aromatic nitrogens is 1. The molecule has 0 atom stereocenters. The Bertz CT molecular complexity index is 593. The van der Waals surface area contributed by atoms with Crippen LogP contribution in [0.4, 0.5) is 5.82 Å². The predicted molar refractivity (Wildman–Crippen MR) is 78.1 cm³/mol. The fraction of sp³-hybridized carbons (Fsp3) is 0.312. The van der Waals surface area contributed by atoms with Gasteiger partial charge in [0.1, 0.15) is 5.82 Å². The molecule has 0 spiro atoms. The van der Waals surface area contributed by atoms with Gasteiger partial charge in [-0.1, -0.05) is 38.5 Å². The molecule has 1 aliphatic carbocycles. The van der Waals surface area contributed by atoms with Crippen molar-refractivity contribution in [1.29, 1.82) is 0 Å². The zero-order valence-corrected chi connectivity index (χ0v) is 11.9. The van der Waals surface area contributed by atoms with Crippen LogP contribution in [0.15, 0.2) is 47.7 Å². The van der Waals surface area contributed by atoms with E-state index in [1.807, 2.05) is 0 Å². The first kappa shape index (κ1) is 14.2. The van der Waals surface area contributed by atoms with E-state index in [2.05, 4.69) is 31.1 Å². The van der Waals surface area contributed by atoms with Crippen molar-refractivity contribution in [2.75, 3.05) is 5.32 Å². The van der Waals surface area contributed by atoms with Gasteiger partial charge in [0, 0.05) is 6.20 Å². The van der Waals surface area contributed by atoms with Gasteiger partial charge < -0.3 is 5.32 Å². The van der Waals surface area contributed by atoms with Crippen LogP contribution in [0.1, 0.15) is 27.2 Å². The lowest BCUT2D eigenvalue weighted by atomic mass is 9.80. The normalized spacial score (nSPS) is 15.4. The van der Waals surface area contributed by atoms with Crippen molar-refractivity contribution < 1.29 is 9.59 Å². The molecule has 0 unspecified atom stereocenters. The highest BCUT2D eigenvalue weighted by Crippen LogP contribution is 2.31. The molecule has 1 aliphatic rings. The van der Waals surface area contributed by atoms with E-state index in [0.29, 0.717) is 12.2 Å². The van der Waals surface area contributed by atoms with E-state index < -0.39 is 5.91 Å². The van der Waals surface area contributed by atoms with E-state index in [9.17, 15) is 9.59 Å². The molecule has 0 aromatic carbocycles. The quantitative estimate of drug-likeness (QED) is 0.841. The molecular weight excluding hydrogens is 252 g/mol. The topological polar surface area (TPSA) is 59.1 Å². The van der Waals surface area contributed by atoms with Crippen molar-refractivity contribution in [2.45, 2.75) is 27.2 Å². The summed E-state index contributed by atoms with van der Waals surface area (Å²) in [7, 11) is 0. The van der Waals surface area contributed by atoms with Gasteiger partial charge in [-0.25, -0.2) is 4.98 Å². The van der Waals surface area contributed by atoms with E-state index in [-0.39, 0.29) is 16.8 Å². The van der Waals surface area contributed by atoms with Gasteiger partial charge in [-0.2, -0.15) is 0 Å². The predicted octanol–water partition coefficient (Wildman–Crippen LogP) is 2.89. The summed E-state index contributed by atoms with van der Waals surface area (Å²) in [5.41, 5.74) is 1.16. The van der Waals surface area contributed by atoms with Crippen LogP contribution in [-0.2, 0) is 9.59 Å². The molecule has 1 N–H and O–H groups in total. The number of carbonyl (C=O) groups is 2. The lowest BCUT2D eigenvalue weighted by Gasteiger charge is -2.24. The Kier molecular flexibility index (Phi) is 3.84. The summed E-state index contributed by atoms with van der Waals surface area (Å²) in [5.74, 6) is -0.204. The van der Waals surface area contributed by atoms with E-state index >= 15 is 0 Å². The first-order valence-electron chi connectivity index (χ1n) is 6.56.